The first kappa shape index (κ1) is 18.1. The lowest BCUT2D eigenvalue weighted by Crippen LogP contribution is -2.35. The Hall–Kier alpha value is -1.90. The molecule has 0 spiro atoms. The third-order valence-electron chi connectivity index (χ3n) is 4.09. The number of amides is 1. The number of Topliss-reactive ketones (excluding diaryl/α,β-unsaturated/α-hetero) is 1. The largest absolute Gasteiger partial charge is 0.352 e. The van der Waals surface area contributed by atoms with Gasteiger partial charge in [-0.3, -0.25) is 9.59 Å². The Morgan fingerprint density at radius 1 is 1.14 bits per heavy atom. The molecule has 1 aromatic carbocycles. The highest BCUT2D eigenvalue weighted by atomic mass is 16.2. The highest BCUT2D eigenvalue weighted by Gasteiger charge is 2.24. The number of rotatable bonds is 8. The van der Waals surface area contributed by atoms with E-state index in [0.717, 1.165) is 24.0 Å². The molecular weight excluding hydrogens is 274 g/mol. The molecule has 22 heavy (non-hydrogen) atoms. The molecule has 0 aliphatic rings. The van der Waals surface area contributed by atoms with Crippen molar-refractivity contribution in [1.29, 1.82) is 0 Å². The van der Waals surface area contributed by atoms with Gasteiger partial charge in [-0.25, -0.2) is 0 Å². The minimum atomic E-state index is -0.331. The van der Waals surface area contributed by atoms with Gasteiger partial charge in [0.2, 0.25) is 5.91 Å². The fourth-order valence-electron chi connectivity index (χ4n) is 1.88. The van der Waals surface area contributed by atoms with Gasteiger partial charge in [0.15, 0.2) is 5.78 Å². The maximum Gasteiger partial charge on any atom is 0.225 e. The van der Waals surface area contributed by atoms with E-state index in [1.54, 1.807) is 6.92 Å². The number of nitrogens with one attached hydrogen (secondary N) is 1. The second-order valence-electron chi connectivity index (χ2n) is 6.44. The number of benzene rings is 1. The molecule has 1 amide bonds. The van der Waals surface area contributed by atoms with Crippen molar-refractivity contribution in [2.45, 2.75) is 53.5 Å². The molecule has 1 rings (SSSR count). The van der Waals surface area contributed by atoms with E-state index < -0.39 is 0 Å². The number of hydrogen-bond donors (Lipinski definition) is 1. The van der Waals surface area contributed by atoms with E-state index in [-0.39, 0.29) is 17.1 Å². The van der Waals surface area contributed by atoms with E-state index in [1.165, 1.54) is 0 Å². The molecular formula is C19H27NO2. The average molecular weight is 301 g/mol. The van der Waals surface area contributed by atoms with E-state index in [0.29, 0.717) is 18.5 Å². The van der Waals surface area contributed by atoms with Crippen molar-refractivity contribution in [3.63, 3.8) is 0 Å². The number of aryl methyl sites for hydroxylation is 1. The van der Waals surface area contributed by atoms with Gasteiger partial charge < -0.3 is 5.32 Å². The van der Waals surface area contributed by atoms with Gasteiger partial charge in [0.1, 0.15) is 0 Å². The summed E-state index contributed by atoms with van der Waals surface area (Å²) in [6.45, 7) is 11.8. The Kier molecular flexibility index (Phi) is 6.54. The van der Waals surface area contributed by atoms with Crippen molar-refractivity contribution in [3.8, 4) is 0 Å². The average Bonchev–Trinajstić information content (AvgIpc) is 2.50. The van der Waals surface area contributed by atoms with Crippen LogP contribution in [0.3, 0.4) is 0 Å². The van der Waals surface area contributed by atoms with Crippen LogP contribution in [0.5, 0.6) is 0 Å². The third kappa shape index (κ3) is 5.47. The zero-order chi connectivity index (χ0) is 16.8. The minimum absolute atomic E-state index is 0.0751. The van der Waals surface area contributed by atoms with Gasteiger partial charge in [-0.15, -0.1) is 0 Å². The van der Waals surface area contributed by atoms with Gasteiger partial charge in [0.05, 0.1) is 0 Å². The zero-order valence-corrected chi connectivity index (χ0v) is 14.2. The molecule has 3 heteroatoms. The van der Waals surface area contributed by atoms with E-state index in [4.69, 9.17) is 0 Å². The summed E-state index contributed by atoms with van der Waals surface area (Å²) < 4.78 is 0. The Labute approximate surface area is 133 Å². The minimum Gasteiger partial charge on any atom is -0.352 e. The van der Waals surface area contributed by atoms with Crippen LogP contribution in [0, 0.1) is 5.41 Å². The maximum atomic E-state index is 12.0. The maximum absolute atomic E-state index is 12.0. The standard InChI is InChI=1S/C19H27NO2/c1-6-19(4,5)18(22)20-13-16-9-7-15(8-10-16)11-12-17(21)14(2)3/h7-10H,2,6,11-13H2,1,3-5H3,(H,20,22). The van der Waals surface area contributed by atoms with Gasteiger partial charge in [-0.1, -0.05) is 51.6 Å². The fraction of sp³-hybridized carbons (Fsp3) is 0.474. The summed E-state index contributed by atoms with van der Waals surface area (Å²) in [7, 11) is 0. The van der Waals surface area contributed by atoms with E-state index in [1.807, 2.05) is 45.0 Å². The second kappa shape index (κ2) is 7.92. The molecule has 3 nitrogen and oxygen atoms in total. The quantitative estimate of drug-likeness (QED) is 0.742. The Balaban J connectivity index is 2.50. The van der Waals surface area contributed by atoms with Gasteiger partial charge in [-0.05, 0) is 36.5 Å². The molecule has 0 aliphatic heterocycles. The molecule has 1 aromatic rings. The number of carbonyl (C=O) groups is 2. The van der Waals surface area contributed by atoms with E-state index in [2.05, 4.69) is 11.9 Å². The van der Waals surface area contributed by atoms with Crippen molar-refractivity contribution < 1.29 is 9.59 Å². The van der Waals surface area contributed by atoms with Crippen molar-refractivity contribution >= 4 is 11.7 Å². The van der Waals surface area contributed by atoms with Crippen LogP contribution < -0.4 is 5.32 Å². The molecule has 0 fully saturated rings. The van der Waals surface area contributed by atoms with Crippen LogP contribution in [-0.2, 0) is 22.6 Å². The SMILES string of the molecule is C=C(C)C(=O)CCc1ccc(CNC(=O)C(C)(C)CC)cc1. The highest BCUT2D eigenvalue weighted by Crippen LogP contribution is 2.19. The molecule has 0 atom stereocenters. The zero-order valence-electron chi connectivity index (χ0n) is 14.2. The Bertz CT molecular complexity index is 541. The van der Waals surface area contributed by atoms with Crippen LogP contribution in [0.1, 0.15) is 51.7 Å². The number of carbonyl (C=O) groups excluding carboxylic acids is 2. The van der Waals surface area contributed by atoms with Crippen molar-refractivity contribution in [2.24, 2.45) is 5.41 Å². The smallest absolute Gasteiger partial charge is 0.225 e. The summed E-state index contributed by atoms with van der Waals surface area (Å²) in [5.41, 5.74) is 2.47. The summed E-state index contributed by atoms with van der Waals surface area (Å²) in [4.78, 5) is 23.6. The molecule has 0 bridgehead atoms. The van der Waals surface area contributed by atoms with Crippen LogP contribution in [0.15, 0.2) is 36.4 Å². The molecule has 0 radical (unpaired) electrons. The van der Waals surface area contributed by atoms with Crippen molar-refractivity contribution in [2.75, 3.05) is 0 Å². The first-order chi connectivity index (χ1) is 10.3. The molecule has 1 N–H and O–H groups in total. The number of hydrogen-bond acceptors (Lipinski definition) is 2. The summed E-state index contributed by atoms with van der Waals surface area (Å²) in [5.74, 6) is 0.185. The third-order valence-corrected chi connectivity index (χ3v) is 4.09. The summed E-state index contributed by atoms with van der Waals surface area (Å²) >= 11 is 0. The topological polar surface area (TPSA) is 46.2 Å². The monoisotopic (exact) mass is 301 g/mol. The first-order valence-corrected chi connectivity index (χ1v) is 7.81. The van der Waals surface area contributed by atoms with Gasteiger partial charge in [0, 0.05) is 18.4 Å². The second-order valence-corrected chi connectivity index (χ2v) is 6.44. The van der Waals surface area contributed by atoms with Crippen LogP contribution >= 0.6 is 0 Å². The Morgan fingerprint density at radius 2 is 1.68 bits per heavy atom. The highest BCUT2D eigenvalue weighted by molar-refractivity contribution is 5.94. The summed E-state index contributed by atoms with van der Waals surface area (Å²) in [6.07, 6.45) is 2.03. The summed E-state index contributed by atoms with van der Waals surface area (Å²) in [6, 6.07) is 8.02. The molecule has 0 unspecified atom stereocenters. The van der Waals surface area contributed by atoms with Crippen LogP contribution in [0.4, 0.5) is 0 Å². The fourth-order valence-corrected chi connectivity index (χ4v) is 1.88. The Morgan fingerprint density at radius 3 is 2.18 bits per heavy atom. The molecule has 0 saturated heterocycles. The van der Waals surface area contributed by atoms with Gasteiger partial charge in [0.25, 0.3) is 0 Å². The molecule has 120 valence electrons. The van der Waals surface area contributed by atoms with Gasteiger partial charge >= 0.3 is 0 Å². The predicted octanol–water partition coefficient (Wildman–Crippen LogP) is 3.82. The van der Waals surface area contributed by atoms with Crippen LogP contribution in [-0.4, -0.2) is 11.7 Å². The predicted molar refractivity (Wildman–Crippen MR) is 90.5 cm³/mol. The normalized spacial score (nSPS) is 11.1. The van der Waals surface area contributed by atoms with E-state index >= 15 is 0 Å². The lowest BCUT2D eigenvalue weighted by Gasteiger charge is -2.21. The lowest BCUT2D eigenvalue weighted by atomic mass is 9.89. The molecule has 0 aromatic heterocycles. The summed E-state index contributed by atoms with van der Waals surface area (Å²) in [5, 5.41) is 2.97. The molecule has 0 heterocycles. The molecule has 0 saturated carbocycles. The van der Waals surface area contributed by atoms with Crippen molar-refractivity contribution in [1.82, 2.24) is 5.32 Å². The lowest BCUT2D eigenvalue weighted by molar-refractivity contribution is -0.129. The van der Waals surface area contributed by atoms with Crippen molar-refractivity contribution in [3.05, 3.63) is 47.5 Å². The van der Waals surface area contributed by atoms with Crippen LogP contribution in [0.25, 0.3) is 0 Å². The number of allylic oxidation sites excluding steroid dienone is 1. The molecule has 0 aliphatic carbocycles. The van der Waals surface area contributed by atoms with E-state index in [9.17, 15) is 9.59 Å². The first-order valence-electron chi connectivity index (χ1n) is 7.81. The van der Waals surface area contributed by atoms with Crippen LogP contribution in [0.2, 0.25) is 0 Å². The number of ketones is 1. The van der Waals surface area contributed by atoms with Gasteiger partial charge in [-0.2, -0.15) is 0 Å².